The van der Waals surface area contributed by atoms with E-state index < -0.39 is 0 Å². The Hall–Kier alpha value is -2.34. The molecule has 0 fully saturated rings. The summed E-state index contributed by atoms with van der Waals surface area (Å²) >= 11 is 1.44. The van der Waals surface area contributed by atoms with Crippen LogP contribution in [-0.2, 0) is 0 Å². The Bertz CT molecular complexity index is 759. The molecule has 0 unspecified atom stereocenters. The normalized spacial score (nSPS) is 11.0. The predicted molar refractivity (Wildman–Crippen MR) is 83.2 cm³/mol. The molecule has 21 heavy (non-hydrogen) atoms. The molecule has 0 bridgehead atoms. The number of rotatable bonds is 4. The number of nitrogens with one attached hydrogen (secondary N) is 1. The van der Waals surface area contributed by atoms with Gasteiger partial charge in [-0.25, -0.2) is 4.98 Å². The summed E-state index contributed by atoms with van der Waals surface area (Å²) < 4.78 is 7.34. The number of carbonyl (C=O) groups is 1. The number of ether oxygens (including phenoxy) is 1. The molecular weight excluding hydrogens is 286 g/mol. The second-order valence-electron chi connectivity index (χ2n) is 4.85. The Balaban J connectivity index is 1.74. The highest BCUT2D eigenvalue weighted by atomic mass is 32.1. The smallest absolute Gasteiger partial charge is 0.273 e. The molecule has 5 nitrogen and oxygen atoms in total. The summed E-state index contributed by atoms with van der Waals surface area (Å²) in [5.74, 6) is 0.632. The van der Waals surface area contributed by atoms with Crippen molar-refractivity contribution >= 4 is 27.9 Å². The van der Waals surface area contributed by atoms with Gasteiger partial charge in [-0.15, -0.1) is 11.3 Å². The number of aromatic nitrogens is 2. The van der Waals surface area contributed by atoms with E-state index in [0.717, 1.165) is 16.4 Å². The molecule has 0 aliphatic carbocycles. The largest absolute Gasteiger partial charge is 0.491 e. The molecule has 3 rings (SSSR count). The average Bonchev–Trinajstić information content (AvgIpc) is 3.02. The van der Waals surface area contributed by atoms with Crippen molar-refractivity contribution in [2.24, 2.45) is 0 Å². The first-order valence-electron chi connectivity index (χ1n) is 6.62. The number of hydrogen-bond acceptors (Lipinski definition) is 4. The number of nitrogens with zero attached hydrogens (tertiary/aromatic N) is 2. The molecule has 1 N–H and O–H groups in total. The molecule has 6 heteroatoms. The predicted octanol–water partition coefficient (Wildman–Crippen LogP) is 3.44. The van der Waals surface area contributed by atoms with Crippen LogP contribution in [-0.4, -0.2) is 21.4 Å². The quantitative estimate of drug-likeness (QED) is 0.803. The molecule has 2 aromatic heterocycles. The van der Waals surface area contributed by atoms with Crippen molar-refractivity contribution in [1.29, 1.82) is 0 Å². The fourth-order valence-corrected chi connectivity index (χ4v) is 2.80. The van der Waals surface area contributed by atoms with Gasteiger partial charge in [-0.2, -0.15) is 0 Å². The van der Waals surface area contributed by atoms with E-state index in [9.17, 15) is 4.79 Å². The van der Waals surface area contributed by atoms with Gasteiger partial charge < -0.3 is 10.1 Å². The highest BCUT2D eigenvalue weighted by Gasteiger charge is 2.12. The maximum absolute atomic E-state index is 12.3. The standard InChI is InChI=1S/C15H15N3O2S/c1-10(2)20-12-5-3-11(4-6-12)17-14(19)13-9-21-15-16-7-8-18(13)15/h3-10H,1-2H3,(H,17,19). The lowest BCUT2D eigenvalue weighted by atomic mass is 10.3. The maximum Gasteiger partial charge on any atom is 0.273 e. The van der Waals surface area contributed by atoms with E-state index in [-0.39, 0.29) is 12.0 Å². The second kappa shape index (κ2) is 5.57. The van der Waals surface area contributed by atoms with Gasteiger partial charge in [-0.3, -0.25) is 9.20 Å². The molecule has 0 saturated carbocycles. The van der Waals surface area contributed by atoms with E-state index in [2.05, 4.69) is 10.3 Å². The van der Waals surface area contributed by atoms with Gasteiger partial charge in [0.05, 0.1) is 6.10 Å². The molecule has 0 atom stereocenters. The van der Waals surface area contributed by atoms with E-state index in [1.54, 1.807) is 22.2 Å². The zero-order chi connectivity index (χ0) is 14.8. The van der Waals surface area contributed by atoms with Crippen molar-refractivity contribution in [3.8, 4) is 5.75 Å². The van der Waals surface area contributed by atoms with Crippen molar-refractivity contribution in [2.45, 2.75) is 20.0 Å². The van der Waals surface area contributed by atoms with Crippen molar-refractivity contribution < 1.29 is 9.53 Å². The molecule has 0 aliphatic rings. The summed E-state index contributed by atoms with van der Waals surface area (Å²) in [6, 6.07) is 7.34. The van der Waals surface area contributed by atoms with Crippen LogP contribution in [0.15, 0.2) is 42.0 Å². The highest BCUT2D eigenvalue weighted by molar-refractivity contribution is 7.15. The van der Waals surface area contributed by atoms with Gasteiger partial charge in [0.15, 0.2) is 4.96 Å². The first-order chi connectivity index (χ1) is 10.1. The van der Waals surface area contributed by atoms with Crippen LogP contribution < -0.4 is 10.1 Å². The number of imidazole rings is 1. The number of carbonyl (C=O) groups excluding carboxylic acids is 1. The molecule has 3 aromatic rings. The first-order valence-corrected chi connectivity index (χ1v) is 7.50. The SMILES string of the molecule is CC(C)Oc1ccc(NC(=O)c2csc3nccn23)cc1. The summed E-state index contributed by atoms with van der Waals surface area (Å²) in [5.41, 5.74) is 1.31. The number of thiazole rings is 1. The maximum atomic E-state index is 12.3. The van der Waals surface area contributed by atoms with Gasteiger partial charge in [0.1, 0.15) is 11.4 Å². The fraction of sp³-hybridized carbons (Fsp3) is 0.200. The van der Waals surface area contributed by atoms with Crippen LogP contribution in [0.5, 0.6) is 5.75 Å². The van der Waals surface area contributed by atoms with Gasteiger partial charge in [0.2, 0.25) is 0 Å². The minimum atomic E-state index is -0.156. The Labute approximate surface area is 126 Å². The molecule has 0 radical (unpaired) electrons. The highest BCUT2D eigenvalue weighted by Crippen LogP contribution is 2.19. The van der Waals surface area contributed by atoms with Crippen molar-refractivity contribution in [3.63, 3.8) is 0 Å². The lowest BCUT2D eigenvalue weighted by molar-refractivity contribution is 0.102. The van der Waals surface area contributed by atoms with Crippen LogP contribution in [0.3, 0.4) is 0 Å². The van der Waals surface area contributed by atoms with Gasteiger partial charge in [-0.1, -0.05) is 0 Å². The molecule has 1 aromatic carbocycles. The minimum Gasteiger partial charge on any atom is -0.491 e. The van der Waals surface area contributed by atoms with Gasteiger partial charge in [-0.05, 0) is 38.1 Å². The van der Waals surface area contributed by atoms with Crippen LogP contribution in [0.1, 0.15) is 24.3 Å². The average molecular weight is 301 g/mol. The summed E-state index contributed by atoms with van der Waals surface area (Å²) in [7, 11) is 0. The zero-order valence-corrected chi connectivity index (χ0v) is 12.6. The Morgan fingerprint density at radius 1 is 1.33 bits per heavy atom. The topological polar surface area (TPSA) is 55.6 Å². The Kier molecular flexibility index (Phi) is 3.62. The third kappa shape index (κ3) is 2.90. The van der Waals surface area contributed by atoms with E-state index in [1.165, 1.54) is 11.3 Å². The molecule has 0 saturated heterocycles. The number of fused-ring (bicyclic) bond motifs is 1. The number of benzene rings is 1. The van der Waals surface area contributed by atoms with Crippen LogP contribution in [0.2, 0.25) is 0 Å². The number of amides is 1. The summed E-state index contributed by atoms with van der Waals surface area (Å²) in [4.78, 5) is 17.2. The van der Waals surface area contributed by atoms with Gasteiger partial charge in [0, 0.05) is 23.5 Å². The summed E-state index contributed by atoms with van der Waals surface area (Å²) in [6.07, 6.45) is 3.59. The van der Waals surface area contributed by atoms with Gasteiger partial charge >= 0.3 is 0 Å². The van der Waals surface area contributed by atoms with Gasteiger partial charge in [0.25, 0.3) is 5.91 Å². The molecule has 0 spiro atoms. The van der Waals surface area contributed by atoms with E-state index in [4.69, 9.17) is 4.74 Å². The lowest BCUT2D eigenvalue weighted by Crippen LogP contribution is -2.13. The van der Waals surface area contributed by atoms with Crippen LogP contribution in [0.4, 0.5) is 5.69 Å². The van der Waals surface area contributed by atoms with Crippen molar-refractivity contribution in [1.82, 2.24) is 9.38 Å². The van der Waals surface area contributed by atoms with Crippen molar-refractivity contribution in [2.75, 3.05) is 5.32 Å². The third-order valence-corrected chi connectivity index (χ3v) is 3.71. The lowest BCUT2D eigenvalue weighted by Gasteiger charge is -2.10. The molecular formula is C15H15N3O2S. The fourth-order valence-electron chi connectivity index (χ4n) is 1.97. The van der Waals surface area contributed by atoms with E-state index >= 15 is 0 Å². The molecule has 0 aliphatic heterocycles. The third-order valence-electron chi connectivity index (χ3n) is 2.86. The summed E-state index contributed by atoms with van der Waals surface area (Å²) in [5, 5.41) is 4.67. The molecule has 108 valence electrons. The van der Waals surface area contributed by atoms with Crippen molar-refractivity contribution in [3.05, 3.63) is 47.7 Å². The number of hydrogen-bond donors (Lipinski definition) is 1. The minimum absolute atomic E-state index is 0.130. The Morgan fingerprint density at radius 2 is 2.10 bits per heavy atom. The van der Waals surface area contributed by atoms with Crippen LogP contribution >= 0.6 is 11.3 Å². The second-order valence-corrected chi connectivity index (χ2v) is 5.68. The van der Waals surface area contributed by atoms with Crippen LogP contribution in [0, 0.1) is 0 Å². The van der Waals surface area contributed by atoms with Crippen LogP contribution in [0.25, 0.3) is 4.96 Å². The Morgan fingerprint density at radius 3 is 2.81 bits per heavy atom. The summed E-state index contributed by atoms with van der Waals surface area (Å²) in [6.45, 7) is 3.95. The zero-order valence-electron chi connectivity index (χ0n) is 11.7. The molecule has 2 heterocycles. The van der Waals surface area contributed by atoms with E-state index in [0.29, 0.717) is 5.69 Å². The number of anilines is 1. The van der Waals surface area contributed by atoms with E-state index in [1.807, 2.05) is 38.1 Å². The monoisotopic (exact) mass is 301 g/mol. The molecule has 1 amide bonds. The first kappa shape index (κ1) is 13.6.